The number of hydrogen-bond donors (Lipinski definition) is 1. The van der Waals surface area contributed by atoms with Crippen LogP contribution in [0.25, 0.3) is 0 Å². The minimum Gasteiger partial charge on any atom is -0.487 e. The number of nitrogens with zero attached hydrogens (tertiary/aromatic N) is 2. The average Bonchev–Trinajstić information content (AvgIpc) is 2.51. The zero-order chi connectivity index (χ0) is 15.5. The lowest BCUT2D eigenvalue weighted by molar-refractivity contribution is 0.163. The first kappa shape index (κ1) is 14.6. The zero-order valence-corrected chi connectivity index (χ0v) is 12.0. The second-order valence-electron chi connectivity index (χ2n) is 5.31. The third kappa shape index (κ3) is 3.10. The highest BCUT2D eigenvalue weighted by Gasteiger charge is 2.22. The van der Waals surface area contributed by atoms with Gasteiger partial charge in [0.25, 0.3) is 0 Å². The Morgan fingerprint density at radius 2 is 1.95 bits per heavy atom. The number of aromatic nitrogens is 1. The van der Waals surface area contributed by atoms with Gasteiger partial charge >= 0.3 is 0 Å². The Kier molecular flexibility index (Phi) is 4.09. The van der Waals surface area contributed by atoms with Gasteiger partial charge in [-0.1, -0.05) is 0 Å². The SMILES string of the molecule is Nc1cnccc1N1CCC(Oc2ccc(F)cc2F)CC1. The van der Waals surface area contributed by atoms with Gasteiger partial charge in [-0.25, -0.2) is 8.78 Å². The zero-order valence-electron chi connectivity index (χ0n) is 12.0. The number of piperidine rings is 1. The monoisotopic (exact) mass is 305 g/mol. The van der Waals surface area contributed by atoms with Crippen LogP contribution in [0.3, 0.4) is 0 Å². The lowest BCUT2D eigenvalue weighted by atomic mass is 10.1. The third-order valence-electron chi connectivity index (χ3n) is 3.80. The Labute approximate surface area is 127 Å². The van der Waals surface area contributed by atoms with Gasteiger partial charge in [0.2, 0.25) is 0 Å². The van der Waals surface area contributed by atoms with Crippen LogP contribution >= 0.6 is 0 Å². The van der Waals surface area contributed by atoms with Gasteiger partial charge in [0.15, 0.2) is 11.6 Å². The molecule has 2 aromatic rings. The number of nitrogen functional groups attached to an aromatic ring is 1. The molecular weight excluding hydrogens is 288 g/mol. The van der Waals surface area contributed by atoms with Gasteiger partial charge in [0.1, 0.15) is 11.9 Å². The maximum Gasteiger partial charge on any atom is 0.167 e. The molecule has 4 nitrogen and oxygen atoms in total. The van der Waals surface area contributed by atoms with E-state index < -0.39 is 11.6 Å². The van der Waals surface area contributed by atoms with Gasteiger partial charge in [-0.05, 0) is 18.2 Å². The Morgan fingerprint density at radius 1 is 1.18 bits per heavy atom. The first-order valence-electron chi connectivity index (χ1n) is 7.19. The second-order valence-corrected chi connectivity index (χ2v) is 5.31. The van der Waals surface area contributed by atoms with Crippen LogP contribution in [-0.4, -0.2) is 24.2 Å². The number of anilines is 2. The van der Waals surface area contributed by atoms with Crippen LogP contribution in [0.4, 0.5) is 20.2 Å². The summed E-state index contributed by atoms with van der Waals surface area (Å²) in [5.41, 5.74) is 7.53. The topological polar surface area (TPSA) is 51.4 Å². The van der Waals surface area contributed by atoms with Crippen molar-refractivity contribution in [1.29, 1.82) is 0 Å². The first-order valence-corrected chi connectivity index (χ1v) is 7.19. The Bertz CT molecular complexity index is 658. The number of benzene rings is 1. The molecule has 116 valence electrons. The van der Waals surface area contributed by atoms with Crippen LogP contribution < -0.4 is 15.4 Å². The van der Waals surface area contributed by atoms with Gasteiger partial charge in [-0.2, -0.15) is 0 Å². The summed E-state index contributed by atoms with van der Waals surface area (Å²) in [4.78, 5) is 6.14. The molecule has 0 amide bonds. The molecule has 0 spiro atoms. The first-order chi connectivity index (χ1) is 10.6. The number of halogens is 2. The third-order valence-corrected chi connectivity index (χ3v) is 3.80. The quantitative estimate of drug-likeness (QED) is 0.947. The van der Waals surface area contributed by atoms with E-state index in [9.17, 15) is 8.78 Å². The Morgan fingerprint density at radius 3 is 2.64 bits per heavy atom. The van der Waals surface area contributed by atoms with Gasteiger partial charge in [0.05, 0.1) is 17.6 Å². The predicted molar refractivity (Wildman–Crippen MR) is 80.9 cm³/mol. The van der Waals surface area contributed by atoms with E-state index in [1.54, 1.807) is 12.4 Å². The maximum absolute atomic E-state index is 13.6. The predicted octanol–water partition coefficient (Wildman–Crippen LogP) is 2.99. The van der Waals surface area contributed by atoms with Gasteiger partial charge < -0.3 is 15.4 Å². The van der Waals surface area contributed by atoms with Crippen LogP contribution in [0.15, 0.2) is 36.7 Å². The largest absolute Gasteiger partial charge is 0.487 e. The van der Waals surface area contributed by atoms with E-state index in [-0.39, 0.29) is 11.9 Å². The summed E-state index contributed by atoms with van der Waals surface area (Å²) in [6.45, 7) is 1.53. The molecule has 0 aliphatic carbocycles. The summed E-state index contributed by atoms with van der Waals surface area (Å²) in [6, 6.07) is 5.25. The van der Waals surface area contributed by atoms with Crippen LogP contribution in [0.1, 0.15) is 12.8 Å². The Balaban J connectivity index is 1.61. The molecule has 0 bridgehead atoms. The van der Waals surface area contributed by atoms with Crippen molar-refractivity contribution < 1.29 is 13.5 Å². The molecular formula is C16H17F2N3O. The van der Waals surface area contributed by atoms with E-state index in [0.717, 1.165) is 37.7 Å². The molecule has 2 heterocycles. The van der Waals surface area contributed by atoms with Crippen LogP contribution in [0.2, 0.25) is 0 Å². The molecule has 0 radical (unpaired) electrons. The van der Waals surface area contributed by atoms with Gasteiger partial charge in [-0.3, -0.25) is 4.98 Å². The summed E-state index contributed by atoms with van der Waals surface area (Å²) in [5.74, 6) is -1.17. The van der Waals surface area contributed by atoms with E-state index in [2.05, 4.69) is 9.88 Å². The summed E-state index contributed by atoms with van der Waals surface area (Å²) in [7, 11) is 0. The van der Waals surface area contributed by atoms with E-state index in [4.69, 9.17) is 10.5 Å². The standard InChI is InChI=1S/C16H17F2N3O/c17-11-1-2-16(13(18)9-11)22-12-4-7-21(8-5-12)15-3-6-20-10-14(15)19/h1-3,6,9-10,12H,4-5,7-8,19H2. The van der Waals surface area contributed by atoms with E-state index in [1.807, 2.05) is 6.07 Å². The summed E-state index contributed by atoms with van der Waals surface area (Å²) >= 11 is 0. The molecule has 1 fully saturated rings. The molecule has 3 rings (SSSR count). The fraction of sp³-hybridized carbons (Fsp3) is 0.312. The molecule has 2 N–H and O–H groups in total. The number of rotatable bonds is 3. The summed E-state index contributed by atoms with van der Waals surface area (Å²) in [6.07, 6.45) is 4.75. The molecule has 22 heavy (non-hydrogen) atoms. The van der Waals surface area contributed by atoms with E-state index in [1.165, 1.54) is 12.1 Å². The average molecular weight is 305 g/mol. The second kappa shape index (κ2) is 6.17. The molecule has 1 aliphatic rings. The van der Waals surface area contributed by atoms with Crippen molar-refractivity contribution >= 4 is 11.4 Å². The highest BCUT2D eigenvalue weighted by atomic mass is 19.1. The highest BCUT2D eigenvalue weighted by molar-refractivity contribution is 5.66. The molecule has 0 saturated carbocycles. The summed E-state index contributed by atoms with van der Waals surface area (Å²) < 4.78 is 32.1. The molecule has 1 aliphatic heterocycles. The van der Waals surface area contributed by atoms with Gasteiger partial charge in [0, 0.05) is 38.2 Å². The summed E-state index contributed by atoms with van der Waals surface area (Å²) in [5, 5.41) is 0. The minimum atomic E-state index is -0.666. The highest BCUT2D eigenvalue weighted by Crippen LogP contribution is 2.27. The van der Waals surface area contributed by atoms with Crippen LogP contribution in [0.5, 0.6) is 5.75 Å². The van der Waals surface area contributed by atoms with Gasteiger partial charge in [-0.15, -0.1) is 0 Å². The maximum atomic E-state index is 13.6. The number of hydrogen-bond acceptors (Lipinski definition) is 4. The minimum absolute atomic E-state index is 0.0840. The molecule has 1 saturated heterocycles. The van der Waals surface area contributed by atoms with Crippen molar-refractivity contribution in [1.82, 2.24) is 4.98 Å². The molecule has 1 aromatic heterocycles. The van der Waals surface area contributed by atoms with Crippen molar-refractivity contribution in [3.63, 3.8) is 0 Å². The smallest absolute Gasteiger partial charge is 0.167 e. The van der Waals surface area contributed by atoms with Crippen molar-refractivity contribution in [3.05, 3.63) is 48.3 Å². The lowest BCUT2D eigenvalue weighted by Gasteiger charge is -2.34. The molecule has 1 aromatic carbocycles. The molecule has 6 heteroatoms. The fourth-order valence-corrected chi connectivity index (χ4v) is 2.65. The van der Waals surface area contributed by atoms with E-state index >= 15 is 0 Å². The van der Waals surface area contributed by atoms with E-state index in [0.29, 0.717) is 5.69 Å². The van der Waals surface area contributed by atoms with Crippen molar-refractivity contribution in [3.8, 4) is 5.75 Å². The van der Waals surface area contributed by atoms with Crippen molar-refractivity contribution in [2.45, 2.75) is 18.9 Å². The number of pyridine rings is 1. The normalized spacial score (nSPS) is 15.8. The molecule has 0 unspecified atom stereocenters. The number of nitrogens with two attached hydrogens (primary N) is 1. The number of ether oxygens (including phenoxy) is 1. The van der Waals surface area contributed by atoms with Crippen molar-refractivity contribution in [2.24, 2.45) is 0 Å². The van der Waals surface area contributed by atoms with Crippen LogP contribution in [-0.2, 0) is 0 Å². The van der Waals surface area contributed by atoms with Crippen LogP contribution in [0, 0.1) is 11.6 Å². The fourth-order valence-electron chi connectivity index (χ4n) is 2.65. The molecule has 0 atom stereocenters. The van der Waals surface area contributed by atoms with Crippen molar-refractivity contribution in [2.75, 3.05) is 23.7 Å². The Hall–Kier alpha value is -2.37. The lowest BCUT2D eigenvalue weighted by Crippen LogP contribution is -2.38.